The zero-order chi connectivity index (χ0) is 6.10. The monoisotopic (exact) mass is 123 g/mol. The van der Waals surface area contributed by atoms with Crippen LogP contribution in [-0.2, 0) is 0 Å². The van der Waals surface area contributed by atoms with Crippen molar-refractivity contribution in [1.29, 1.82) is 0 Å². The molecule has 0 aromatic carbocycles. The molecule has 48 valence electrons. The average molecular weight is 123 g/mol. The van der Waals surface area contributed by atoms with E-state index in [0.29, 0.717) is 6.04 Å². The number of fused-ring (bicyclic) bond motifs is 1. The van der Waals surface area contributed by atoms with Gasteiger partial charge in [-0.05, 0) is 6.08 Å². The first kappa shape index (κ1) is 5.02. The molecule has 9 heavy (non-hydrogen) atoms. The lowest BCUT2D eigenvalue weighted by Crippen LogP contribution is -2.35. The Bertz CT molecular complexity index is 144. The lowest BCUT2D eigenvalue weighted by Gasteiger charge is -2.19. The molecule has 0 amide bonds. The van der Waals surface area contributed by atoms with Gasteiger partial charge in [-0.15, -0.1) is 0 Å². The van der Waals surface area contributed by atoms with Gasteiger partial charge in [0.2, 0.25) is 0 Å². The van der Waals surface area contributed by atoms with Gasteiger partial charge in [0.1, 0.15) is 0 Å². The molecule has 1 saturated heterocycles. The van der Waals surface area contributed by atoms with Crippen molar-refractivity contribution in [3.63, 3.8) is 0 Å². The molecule has 0 aliphatic carbocycles. The lowest BCUT2D eigenvalue weighted by atomic mass is 10.2. The lowest BCUT2D eigenvalue weighted by molar-refractivity contribution is 0.290. The Morgan fingerprint density at radius 3 is 3.33 bits per heavy atom. The van der Waals surface area contributed by atoms with Crippen LogP contribution in [0.25, 0.3) is 0 Å². The zero-order valence-corrected chi connectivity index (χ0v) is 5.04. The maximum absolute atomic E-state index is 3.04. The van der Waals surface area contributed by atoms with Crippen molar-refractivity contribution < 1.29 is 0 Å². The summed E-state index contributed by atoms with van der Waals surface area (Å²) in [6, 6.07) is 0.509. The summed E-state index contributed by atoms with van der Waals surface area (Å²) in [5.41, 5.74) is 6.04. The van der Waals surface area contributed by atoms with Gasteiger partial charge in [-0.25, -0.2) is 5.43 Å². The van der Waals surface area contributed by atoms with Crippen LogP contribution in [0.5, 0.6) is 0 Å². The second-order valence-corrected chi connectivity index (χ2v) is 2.19. The molecule has 1 fully saturated rings. The van der Waals surface area contributed by atoms with Crippen LogP contribution in [0.4, 0.5) is 0 Å². The molecule has 2 aliphatic heterocycles. The molecular formula is C6H9N3. The molecule has 2 rings (SSSR count). The van der Waals surface area contributed by atoms with E-state index in [-0.39, 0.29) is 0 Å². The molecule has 3 nitrogen and oxygen atoms in total. The van der Waals surface area contributed by atoms with E-state index in [1.54, 1.807) is 0 Å². The summed E-state index contributed by atoms with van der Waals surface area (Å²) in [6.07, 6.45) is 8.25. The maximum Gasteiger partial charge on any atom is 0.0783 e. The average Bonchev–Trinajstić information content (AvgIpc) is 2.33. The van der Waals surface area contributed by atoms with Gasteiger partial charge in [-0.1, -0.05) is 12.2 Å². The molecule has 2 aliphatic rings. The SMILES string of the molecule is C1=CC2CNNN2C=C1. The van der Waals surface area contributed by atoms with Crippen LogP contribution >= 0.6 is 0 Å². The molecule has 0 saturated carbocycles. The van der Waals surface area contributed by atoms with Crippen LogP contribution in [0.2, 0.25) is 0 Å². The maximum atomic E-state index is 3.04. The van der Waals surface area contributed by atoms with Gasteiger partial charge in [0.25, 0.3) is 0 Å². The summed E-state index contributed by atoms with van der Waals surface area (Å²) in [5, 5.41) is 2.04. The highest BCUT2D eigenvalue weighted by atomic mass is 15.7. The van der Waals surface area contributed by atoms with Crippen LogP contribution in [-0.4, -0.2) is 17.6 Å². The van der Waals surface area contributed by atoms with E-state index in [1.807, 2.05) is 17.3 Å². The van der Waals surface area contributed by atoms with E-state index in [0.717, 1.165) is 6.54 Å². The third-order valence-corrected chi connectivity index (χ3v) is 1.57. The first-order valence-electron chi connectivity index (χ1n) is 3.09. The van der Waals surface area contributed by atoms with E-state index in [4.69, 9.17) is 0 Å². The minimum absolute atomic E-state index is 0.509. The fraction of sp³-hybridized carbons (Fsp3) is 0.333. The molecule has 0 spiro atoms. The van der Waals surface area contributed by atoms with Gasteiger partial charge >= 0.3 is 0 Å². The quantitative estimate of drug-likeness (QED) is 0.465. The topological polar surface area (TPSA) is 27.3 Å². The minimum atomic E-state index is 0.509. The van der Waals surface area contributed by atoms with Crippen molar-refractivity contribution in [1.82, 2.24) is 16.0 Å². The highest BCUT2D eigenvalue weighted by molar-refractivity contribution is 5.13. The fourth-order valence-electron chi connectivity index (χ4n) is 1.07. The summed E-state index contributed by atoms with van der Waals surface area (Å²) < 4.78 is 0. The fourth-order valence-corrected chi connectivity index (χ4v) is 1.07. The third kappa shape index (κ3) is 0.742. The largest absolute Gasteiger partial charge is 0.294 e. The second kappa shape index (κ2) is 1.86. The van der Waals surface area contributed by atoms with E-state index < -0.39 is 0 Å². The van der Waals surface area contributed by atoms with E-state index in [2.05, 4.69) is 23.1 Å². The smallest absolute Gasteiger partial charge is 0.0783 e. The van der Waals surface area contributed by atoms with Crippen molar-refractivity contribution in [3.05, 3.63) is 24.4 Å². The number of nitrogens with zero attached hydrogens (tertiary/aromatic N) is 1. The molecule has 3 heteroatoms. The van der Waals surface area contributed by atoms with E-state index >= 15 is 0 Å². The minimum Gasteiger partial charge on any atom is -0.294 e. The third-order valence-electron chi connectivity index (χ3n) is 1.57. The normalized spacial score (nSPS) is 31.1. The summed E-state index contributed by atoms with van der Waals surface area (Å²) >= 11 is 0. The van der Waals surface area contributed by atoms with Gasteiger partial charge in [0.05, 0.1) is 6.04 Å². The van der Waals surface area contributed by atoms with Gasteiger partial charge in [0, 0.05) is 12.7 Å². The molecule has 2 heterocycles. The van der Waals surface area contributed by atoms with Gasteiger partial charge in [-0.3, -0.25) is 5.01 Å². The summed E-state index contributed by atoms with van der Waals surface area (Å²) in [6.45, 7) is 0.987. The molecule has 2 N–H and O–H groups in total. The van der Waals surface area contributed by atoms with Crippen LogP contribution < -0.4 is 11.0 Å². The molecule has 0 bridgehead atoms. The molecule has 1 unspecified atom stereocenters. The van der Waals surface area contributed by atoms with Crippen LogP contribution in [0.15, 0.2) is 24.4 Å². The Balaban J connectivity index is 2.18. The van der Waals surface area contributed by atoms with Crippen molar-refractivity contribution in [2.75, 3.05) is 6.54 Å². The predicted molar refractivity (Wildman–Crippen MR) is 35.0 cm³/mol. The predicted octanol–water partition coefficient (Wildman–Crippen LogP) is -0.237. The van der Waals surface area contributed by atoms with E-state index in [9.17, 15) is 0 Å². The summed E-state index contributed by atoms with van der Waals surface area (Å²) in [5.74, 6) is 0. The van der Waals surface area contributed by atoms with Gasteiger partial charge < -0.3 is 0 Å². The Labute approximate surface area is 54.0 Å². The highest BCUT2D eigenvalue weighted by Gasteiger charge is 2.18. The van der Waals surface area contributed by atoms with Crippen molar-refractivity contribution in [3.8, 4) is 0 Å². The number of allylic oxidation sites excluding steroid dienone is 2. The van der Waals surface area contributed by atoms with Crippen molar-refractivity contribution in [2.45, 2.75) is 6.04 Å². The molecule has 0 aromatic heterocycles. The standard InChI is InChI=1S/C6H9N3/c1-2-4-9-6(3-1)5-7-8-9/h1-4,6-8H,5H2. The van der Waals surface area contributed by atoms with Crippen LogP contribution in [0.1, 0.15) is 0 Å². The molecular weight excluding hydrogens is 114 g/mol. The molecule has 0 radical (unpaired) electrons. The molecule has 1 atom stereocenters. The summed E-state index contributed by atoms with van der Waals surface area (Å²) in [7, 11) is 0. The van der Waals surface area contributed by atoms with Crippen molar-refractivity contribution >= 4 is 0 Å². The first-order chi connectivity index (χ1) is 4.47. The van der Waals surface area contributed by atoms with Crippen LogP contribution in [0, 0.1) is 0 Å². The Kier molecular flexibility index (Phi) is 1.04. The number of rotatable bonds is 0. The Morgan fingerprint density at radius 1 is 1.44 bits per heavy atom. The highest BCUT2D eigenvalue weighted by Crippen LogP contribution is 2.06. The van der Waals surface area contributed by atoms with Crippen molar-refractivity contribution in [2.24, 2.45) is 0 Å². The number of hydrogen-bond donors (Lipinski definition) is 2. The van der Waals surface area contributed by atoms with Crippen LogP contribution in [0.3, 0.4) is 0 Å². The number of hydrazine groups is 2. The molecule has 0 aromatic rings. The first-order valence-corrected chi connectivity index (χ1v) is 3.09. The number of hydrogen-bond acceptors (Lipinski definition) is 3. The van der Waals surface area contributed by atoms with E-state index in [1.165, 1.54) is 0 Å². The Morgan fingerprint density at radius 2 is 2.44 bits per heavy atom. The zero-order valence-electron chi connectivity index (χ0n) is 5.04. The summed E-state index contributed by atoms with van der Waals surface area (Å²) in [4.78, 5) is 0. The van der Waals surface area contributed by atoms with Gasteiger partial charge in [0.15, 0.2) is 0 Å². The second-order valence-electron chi connectivity index (χ2n) is 2.19. The van der Waals surface area contributed by atoms with Gasteiger partial charge in [-0.2, -0.15) is 5.53 Å². The Hall–Kier alpha value is -0.800. The number of nitrogens with one attached hydrogen (secondary N) is 2.